The molecular formula is C23H20N4O3. The quantitative estimate of drug-likeness (QED) is 0.569. The number of carbonyl (C=O) groups is 1. The highest BCUT2D eigenvalue weighted by atomic mass is 16.5. The number of amides is 1. The summed E-state index contributed by atoms with van der Waals surface area (Å²) < 4.78 is 6.14. The Balaban J connectivity index is 1.30. The Kier molecular flexibility index (Phi) is 4.72. The van der Waals surface area contributed by atoms with Crippen LogP contribution in [-0.2, 0) is 0 Å². The van der Waals surface area contributed by atoms with E-state index in [1.165, 1.54) is 0 Å². The first-order valence-electron chi connectivity index (χ1n) is 9.86. The fourth-order valence-corrected chi connectivity index (χ4v) is 3.87. The number of aliphatic hydroxyl groups excluding tert-OH is 1. The van der Waals surface area contributed by atoms with Gasteiger partial charge in [-0.1, -0.05) is 12.1 Å². The molecule has 7 nitrogen and oxygen atoms in total. The van der Waals surface area contributed by atoms with Crippen molar-refractivity contribution >= 4 is 27.7 Å². The van der Waals surface area contributed by atoms with E-state index in [0.717, 1.165) is 16.3 Å². The van der Waals surface area contributed by atoms with Gasteiger partial charge in [0.2, 0.25) is 0 Å². The molecule has 0 radical (unpaired) electrons. The standard InChI is InChI=1S/C23H20N4O3/c28-20-14-27(23(29)15-4-5-18-19(12-15)26-10-9-25-18)11-7-22(20)30-21-3-1-2-16-13-24-8-6-17(16)21/h1-6,8-10,12-13,20,22,28H,7,11,14H2/t20-,22-/m1/s1. The van der Waals surface area contributed by atoms with Gasteiger partial charge in [0.25, 0.3) is 5.91 Å². The van der Waals surface area contributed by atoms with Gasteiger partial charge in [-0.15, -0.1) is 0 Å². The summed E-state index contributed by atoms with van der Waals surface area (Å²) in [5.74, 6) is 0.586. The monoisotopic (exact) mass is 400 g/mol. The first-order chi connectivity index (χ1) is 14.7. The van der Waals surface area contributed by atoms with E-state index in [1.807, 2.05) is 24.3 Å². The molecular weight excluding hydrogens is 380 g/mol. The van der Waals surface area contributed by atoms with Crippen molar-refractivity contribution in [1.82, 2.24) is 19.9 Å². The van der Waals surface area contributed by atoms with Crippen molar-refractivity contribution in [2.75, 3.05) is 13.1 Å². The van der Waals surface area contributed by atoms with Crippen molar-refractivity contribution in [2.45, 2.75) is 18.6 Å². The van der Waals surface area contributed by atoms with Crippen molar-refractivity contribution in [3.63, 3.8) is 0 Å². The highest BCUT2D eigenvalue weighted by Gasteiger charge is 2.32. The highest BCUT2D eigenvalue weighted by molar-refractivity contribution is 5.97. The van der Waals surface area contributed by atoms with Crippen molar-refractivity contribution < 1.29 is 14.6 Å². The molecule has 0 saturated carbocycles. The van der Waals surface area contributed by atoms with Crippen LogP contribution < -0.4 is 4.74 Å². The Morgan fingerprint density at radius 2 is 1.93 bits per heavy atom. The molecule has 7 heteroatoms. The lowest BCUT2D eigenvalue weighted by molar-refractivity contribution is -0.0193. The minimum absolute atomic E-state index is 0.128. The van der Waals surface area contributed by atoms with E-state index in [0.29, 0.717) is 29.8 Å². The summed E-state index contributed by atoms with van der Waals surface area (Å²) in [6.45, 7) is 0.722. The number of piperidine rings is 1. The maximum Gasteiger partial charge on any atom is 0.254 e. The number of aromatic nitrogens is 3. The normalized spacial score (nSPS) is 19.2. The molecule has 4 aromatic rings. The molecule has 0 aliphatic carbocycles. The molecule has 5 rings (SSSR count). The van der Waals surface area contributed by atoms with Crippen LogP contribution in [0.5, 0.6) is 5.75 Å². The number of rotatable bonds is 3. The summed E-state index contributed by atoms with van der Waals surface area (Å²) in [4.78, 5) is 27.2. The first kappa shape index (κ1) is 18.4. The average Bonchev–Trinajstić information content (AvgIpc) is 2.80. The third-order valence-electron chi connectivity index (χ3n) is 5.44. The van der Waals surface area contributed by atoms with E-state index < -0.39 is 6.10 Å². The molecule has 3 heterocycles. The molecule has 0 unspecified atom stereocenters. The molecule has 1 aliphatic heterocycles. The number of pyridine rings is 1. The zero-order chi connectivity index (χ0) is 20.5. The van der Waals surface area contributed by atoms with Gasteiger partial charge in [-0.25, -0.2) is 0 Å². The summed E-state index contributed by atoms with van der Waals surface area (Å²) in [6.07, 6.45) is 6.12. The molecule has 0 bridgehead atoms. The summed E-state index contributed by atoms with van der Waals surface area (Å²) >= 11 is 0. The second-order valence-electron chi connectivity index (χ2n) is 7.38. The smallest absolute Gasteiger partial charge is 0.254 e. The number of benzene rings is 2. The molecule has 1 fully saturated rings. The predicted molar refractivity (Wildman–Crippen MR) is 112 cm³/mol. The van der Waals surface area contributed by atoms with Crippen molar-refractivity contribution in [1.29, 1.82) is 0 Å². The number of hydrogen-bond donors (Lipinski definition) is 1. The summed E-state index contributed by atoms with van der Waals surface area (Å²) in [5.41, 5.74) is 1.95. The fourth-order valence-electron chi connectivity index (χ4n) is 3.87. The number of aliphatic hydroxyl groups is 1. The number of carbonyl (C=O) groups excluding carboxylic acids is 1. The van der Waals surface area contributed by atoms with E-state index in [4.69, 9.17) is 4.74 Å². The molecule has 150 valence electrons. The Hall–Kier alpha value is -3.58. The third kappa shape index (κ3) is 3.44. The molecule has 2 aromatic heterocycles. The third-order valence-corrected chi connectivity index (χ3v) is 5.44. The van der Waals surface area contributed by atoms with Gasteiger partial charge in [0.1, 0.15) is 18.0 Å². The number of β-amino-alcohol motifs (C(OH)–C–C–N with tert-alkyl or cyclic N) is 1. The molecule has 0 spiro atoms. The van der Waals surface area contributed by atoms with E-state index in [9.17, 15) is 9.90 Å². The van der Waals surface area contributed by atoms with Crippen LogP contribution in [0.4, 0.5) is 0 Å². The van der Waals surface area contributed by atoms with Crippen LogP contribution in [-0.4, -0.2) is 56.2 Å². The molecule has 2 atom stereocenters. The maximum absolute atomic E-state index is 12.9. The first-order valence-corrected chi connectivity index (χ1v) is 9.86. The van der Waals surface area contributed by atoms with E-state index in [2.05, 4.69) is 15.0 Å². The maximum atomic E-state index is 12.9. The van der Waals surface area contributed by atoms with Crippen molar-refractivity contribution in [3.05, 3.63) is 72.8 Å². The number of hydrogen-bond acceptors (Lipinski definition) is 6. The number of likely N-dealkylation sites (tertiary alicyclic amines) is 1. The number of ether oxygens (including phenoxy) is 1. The largest absolute Gasteiger partial charge is 0.487 e. The average molecular weight is 400 g/mol. The number of nitrogens with zero attached hydrogens (tertiary/aromatic N) is 4. The fraction of sp³-hybridized carbons (Fsp3) is 0.217. The minimum atomic E-state index is -0.778. The predicted octanol–water partition coefficient (Wildman–Crippen LogP) is 2.83. The Morgan fingerprint density at radius 3 is 2.80 bits per heavy atom. The van der Waals surface area contributed by atoms with Gasteiger partial charge >= 0.3 is 0 Å². The van der Waals surface area contributed by atoms with E-state index in [1.54, 1.807) is 47.9 Å². The zero-order valence-corrected chi connectivity index (χ0v) is 16.2. The van der Waals surface area contributed by atoms with Gasteiger partial charge in [-0.2, -0.15) is 0 Å². The minimum Gasteiger partial charge on any atom is -0.487 e. The van der Waals surface area contributed by atoms with E-state index >= 15 is 0 Å². The molecule has 1 aliphatic rings. The summed E-state index contributed by atoms with van der Waals surface area (Å²) in [7, 11) is 0. The molecule has 1 amide bonds. The van der Waals surface area contributed by atoms with E-state index in [-0.39, 0.29) is 18.6 Å². The summed E-state index contributed by atoms with van der Waals surface area (Å²) in [6, 6.07) is 13.0. The van der Waals surface area contributed by atoms with Crippen LogP contribution in [0.25, 0.3) is 21.8 Å². The van der Waals surface area contributed by atoms with Gasteiger partial charge < -0.3 is 14.7 Å². The second-order valence-corrected chi connectivity index (χ2v) is 7.38. The number of fused-ring (bicyclic) bond motifs is 2. The van der Waals surface area contributed by atoms with Crippen LogP contribution in [0.15, 0.2) is 67.3 Å². The zero-order valence-electron chi connectivity index (χ0n) is 16.2. The topological polar surface area (TPSA) is 88.4 Å². The van der Waals surface area contributed by atoms with Crippen LogP contribution in [0.3, 0.4) is 0 Å². The lowest BCUT2D eigenvalue weighted by atomic mass is 10.0. The van der Waals surface area contributed by atoms with Crippen LogP contribution in [0, 0.1) is 0 Å². The Bertz CT molecular complexity index is 1220. The van der Waals surface area contributed by atoms with Crippen molar-refractivity contribution in [3.8, 4) is 5.75 Å². The van der Waals surface area contributed by atoms with Gasteiger partial charge in [-0.3, -0.25) is 19.7 Å². The van der Waals surface area contributed by atoms with Gasteiger partial charge in [0.05, 0.1) is 17.6 Å². The molecule has 30 heavy (non-hydrogen) atoms. The molecule has 1 N–H and O–H groups in total. The Morgan fingerprint density at radius 1 is 1.07 bits per heavy atom. The molecule has 1 saturated heterocycles. The Labute approximate surface area is 173 Å². The SMILES string of the molecule is O=C(c1ccc2nccnc2c1)N1CC[C@@H](Oc2cccc3cnccc23)[C@H](O)C1. The lowest BCUT2D eigenvalue weighted by Gasteiger charge is -2.36. The van der Waals surface area contributed by atoms with Crippen molar-refractivity contribution in [2.24, 2.45) is 0 Å². The van der Waals surface area contributed by atoms with Crippen LogP contribution in [0.1, 0.15) is 16.8 Å². The second kappa shape index (κ2) is 7.68. The molecule has 2 aromatic carbocycles. The van der Waals surface area contributed by atoms with Gasteiger partial charge in [-0.05, 0) is 30.3 Å². The van der Waals surface area contributed by atoms with Crippen LogP contribution >= 0.6 is 0 Å². The highest BCUT2D eigenvalue weighted by Crippen LogP contribution is 2.28. The van der Waals surface area contributed by atoms with Crippen LogP contribution in [0.2, 0.25) is 0 Å². The lowest BCUT2D eigenvalue weighted by Crippen LogP contribution is -2.51. The summed E-state index contributed by atoms with van der Waals surface area (Å²) in [5, 5.41) is 12.6. The van der Waals surface area contributed by atoms with Gasteiger partial charge in [0, 0.05) is 54.1 Å². The van der Waals surface area contributed by atoms with Gasteiger partial charge in [0.15, 0.2) is 0 Å².